The van der Waals surface area contributed by atoms with E-state index in [-0.39, 0.29) is 11.1 Å². The van der Waals surface area contributed by atoms with Crippen LogP contribution in [0, 0.1) is 11.6 Å². The van der Waals surface area contributed by atoms with Gasteiger partial charge in [0.1, 0.15) is 6.29 Å². The molecule has 1 saturated carbocycles. The molecule has 1 aliphatic carbocycles. The van der Waals surface area contributed by atoms with Crippen LogP contribution in [0.5, 0.6) is 0 Å². The topological polar surface area (TPSA) is 43.1 Å². The predicted molar refractivity (Wildman–Crippen MR) is 51.6 cm³/mol. The van der Waals surface area contributed by atoms with E-state index in [1.807, 2.05) is 0 Å². The third-order valence-corrected chi connectivity index (χ3v) is 2.74. The van der Waals surface area contributed by atoms with Crippen LogP contribution >= 0.6 is 0 Å². The van der Waals surface area contributed by atoms with Crippen LogP contribution in [0.25, 0.3) is 0 Å². The van der Waals surface area contributed by atoms with Gasteiger partial charge in [-0.05, 0) is 37.0 Å². The minimum absolute atomic E-state index is 0.186. The molecule has 0 spiro atoms. The Kier molecular flexibility index (Phi) is 2.31. The van der Waals surface area contributed by atoms with Gasteiger partial charge in [-0.2, -0.15) is 0 Å². The van der Waals surface area contributed by atoms with E-state index in [0.29, 0.717) is 18.3 Å². The summed E-state index contributed by atoms with van der Waals surface area (Å²) in [6, 6.07) is 1.98. The summed E-state index contributed by atoms with van der Waals surface area (Å²) in [4.78, 5) is 10.7. The van der Waals surface area contributed by atoms with Gasteiger partial charge in [0.25, 0.3) is 0 Å². The van der Waals surface area contributed by atoms with Crippen molar-refractivity contribution in [1.29, 1.82) is 0 Å². The van der Waals surface area contributed by atoms with Gasteiger partial charge in [0.2, 0.25) is 0 Å². The molecule has 2 N–H and O–H groups in total. The van der Waals surface area contributed by atoms with Crippen LogP contribution in [0.4, 0.5) is 8.78 Å². The number of hydrogen-bond acceptors (Lipinski definition) is 2. The molecule has 15 heavy (non-hydrogen) atoms. The predicted octanol–water partition coefficient (Wildman–Crippen LogP) is 1.81. The lowest BCUT2D eigenvalue weighted by atomic mass is 9.99. The smallest absolute Gasteiger partial charge is 0.159 e. The normalized spacial score (nSPS) is 17.5. The van der Waals surface area contributed by atoms with Gasteiger partial charge in [0.05, 0.1) is 0 Å². The molecule has 1 aromatic rings. The quantitative estimate of drug-likeness (QED) is 0.775. The van der Waals surface area contributed by atoms with Crippen LogP contribution in [0.2, 0.25) is 0 Å². The van der Waals surface area contributed by atoms with Crippen LogP contribution in [0.3, 0.4) is 0 Å². The van der Waals surface area contributed by atoms with E-state index in [1.165, 1.54) is 0 Å². The highest BCUT2D eigenvalue weighted by molar-refractivity contribution is 5.77. The van der Waals surface area contributed by atoms with Gasteiger partial charge in [-0.25, -0.2) is 8.78 Å². The van der Waals surface area contributed by atoms with Gasteiger partial charge >= 0.3 is 0 Å². The first kappa shape index (κ1) is 10.2. The second-order valence-corrected chi connectivity index (χ2v) is 4.12. The zero-order chi connectivity index (χ0) is 11.1. The molecule has 80 valence electrons. The first-order valence-corrected chi connectivity index (χ1v) is 4.76. The molecule has 0 radical (unpaired) electrons. The summed E-state index contributed by atoms with van der Waals surface area (Å²) in [6.45, 7) is 0. The Hall–Kier alpha value is -1.29. The third-order valence-electron chi connectivity index (χ3n) is 2.74. The molecule has 1 fully saturated rings. The van der Waals surface area contributed by atoms with Crippen LogP contribution in [0.1, 0.15) is 28.8 Å². The van der Waals surface area contributed by atoms with E-state index < -0.39 is 11.6 Å². The van der Waals surface area contributed by atoms with Crippen molar-refractivity contribution in [3.8, 4) is 0 Å². The fourth-order valence-electron chi connectivity index (χ4n) is 1.58. The second kappa shape index (κ2) is 3.38. The highest BCUT2D eigenvalue weighted by Crippen LogP contribution is 2.36. The molecule has 2 rings (SSSR count). The number of carbonyl (C=O) groups is 1. The molecule has 0 atom stereocenters. The SMILES string of the molecule is NC1(Cc2cc(F)c(F)cc2C=O)CC1. The Morgan fingerprint density at radius 1 is 1.33 bits per heavy atom. The van der Waals surface area contributed by atoms with Crippen molar-refractivity contribution in [3.63, 3.8) is 0 Å². The maximum absolute atomic E-state index is 13.0. The zero-order valence-electron chi connectivity index (χ0n) is 8.09. The maximum Gasteiger partial charge on any atom is 0.159 e. The number of halogens is 2. The van der Waals surface area contributed by atoms with Gasteiger partial charge in [-0.1, -0.05) is 0 Å². The summed E-state index contributed by atoms with van der Waals surface area (Å²) < 4.78 is 25.8. The first-order chi connectivity index (χ1) is 7.04. The largest absolute Gasteiger partial charge is 0.325 e. The van der Waals surface area contributed by atoms with E-state index >= 15 is 0 Å². The summed E-state index contributed by atoms with van der Waals surface area (Å²) in [5.41, 5.74) is 6.22. The van der Waals surface area contributed by atoms with Crippen molar-refractivity contribution in [1.82, 2.24) is 0 Å². The third kappa shape index (κ3) is 2.04. The number of nitrogens with two attached hydrogens (primary N) is 1. The lowest BCUT2D eigenvalue weighted by Gasteiger charge is -2.10. The Morgan fingerprint density at radius 3 is 2.47 bits per heavy atom. The standard InChI is InChI=1S/C11H11F2NO/c12-9-3-7(5-11(14)1-2-11)8(6-15)4-10(9)13/h3-4,6H,1-2,5,14H2. The molecular weight excluding hydrogens is 200 g/mol. The lowest BCUT2D eigenvalue weighted by molar-refractivity contribution is 0.112. The molecule has 0 aliphatic heterocycles. The van der Waals surface area contributed by atoms with Crippen LogP contribution in [-0.2, 0) is 6.42 Å². The molecule has 2 nitrogen and oxygen atoms in total. The Balaban J connectivity index is 2.36. The number of carbonyl (C=O) groups excluding carboxylic acids is 1. The molecule has 4 heteroatoms. The summed E-state index contributed by atoms with van der Waals surface area (Å²) in [5, 5.41) is 0. The fourth-order valence-corrected chi connectivity index (χ4v) is 1.58. The highest BCUT2D eigenvalue weighted by atomic mass is 19.2. The van der Waals surface area contributed by atoms with E-state index in [4.69, 9.17) is 5.73 Å². The first-order valence-electron chi connectivity index (χ1n) is 4.76. The number of rotatable bonds is 3. The van der Waals surface area contributed by atoms with Crippen LogP contribution in [0.15, 0.2) is 12.1 Å². The van der Waals surface area contributed by atoms with Crippen molar-refractivity contribution in [2.45, 2.75) is 24.8 Å². The van der Waals surface area contributed by atoms with Crippen LogP contribution in [-0.4, -0.2) is 11.8 Å². The van der Waals surface area contributed by atoms with Gasteiger partial charge in [-0.3, -0.25) is 4.79 Å². The summed E-state index contributed by atoms with van der Waals surface area (Å²) in [7, 11) is 0. The molecular formula is C11H11F2NO. The second-order valence-electron chi connectivity index (χ2n) is 4.12. The summed E-state index contributed by atoms with van der Waals surface area (Å²) in [6.07, 6.45) is 2.69. The van der Waals surface area contributed by atoms with Gasteiger partial charge in [0, 0.05) is 11.1 Å². The fraction of sp³-hybridized carbons (Fsp3) is 0.364. The minimum atomic E-state index is -0.997. The van der Waals surface area contributed by atoms with Crippen LogP contribution < -0.4 is 5.73 Å². The van der Waals surface area contributed by atoms with Crippen molar-refractivity contribution in [2.24, 2.45) is 5.73 Å². The van der Waals surface area contributed by atoms with E-state index in [1.54, 1.807) is 0 Å². The summed E-state index contributed by atoms with van der Waals surface area (Å²) >= 11 is 0. The maximum atomic E-state index is 13.0. The van der Waals surface area contributed by atoms with Gasteiger partial charge in [-0.15, -0.1) is 0 Å². The van der Waals surface area contributed by atoms with Crippen molar-refractivity contribution in [2.75, 3.05) is 0 Å². The number of aldehydes is 1. The number of hydrogen-bond donors (Lipinski definition) is 1. The Bertz CT molecular complexity index is 413. The van der Waals surface area contributed by atoms with Gasteiger partial charge < -0.3 is 5.73 Å². The molecule has 0 bridgehead atoms. The zero-order valence-corrected chi connectivity index (χ0v) is 8.09. The van der Waals surface area contributed by atoms with E-state index in [0.717, 1.165) is 25.0 Å². The highest BCUT2D eigenvalue weighted by Gasteiger charge is 2.38. The molecule has 0 heterocycles. The van der Waals surface area contributed by atoms with E-state index in [2.05, 4.69) is 0 Å². The molecule has 0 unspecified atom stereocenters. The van der Waals surface area contributed by atoms with Crippen molar-refractivity contribution < 1.29 is 13.6 Å². The average Bonchev–Trinajstić information content (AvgIpc) is 2.89. The lowest BCUT2D eigenvalue weighted by Crippen LogP contribution is -2.25. The molecule has 1 aliphatic rings. The molecule has 0 saturated heterocycles. The molecule has 1 aromatic carbocycles. The molecule has 0 aromatic heterocycles. The van der Waals surface area contributed by atoms with E-state index in [9.17, 15) is 13.6 Å². The molecule has 0 amide bonds. The van der Waals surface area contributed by atoms with Crippen molar-refractivity contribution >= 4 is 6.29 Å². The van der Waals surface area contributed by atoms with Crippen molar-refractivity contribution in [3.05, 3.63) is 34.9 Å². The Morgan fingerprint density at radius 2 is 1.93 bits per heavy atom. The summed E-state index contributed by atoms with van der Waals surface area (Å²) in [5.74, 6) is -1.93. The van der Waals surface area contributed by atoms with Gasteiger partial charge in [0.15, 0.2) is 11.6 Å². The Labute approximate surface area is 86.1 Å². The number of benzene rings is 1. The minimum Gasteiger partial charge on any atom is -0.325 e. The average molecular weight is 211 g/mol. The monoisotopic (exact) mass is 211 g/mol.